The molecule has 0 aromatic carbocycles. The summed E-state index contributed by atoms with van der Waals surface area (Å²) in [6, 6.07) is 7.37. The number of aromatic nitrogens is 2. The first kappa shape index (κ1) is 10.0. The second-order valence-electron chi connectivity index (χ2n) is 3.54. The summed E-state index contributed by atoms with van der Waals surface area (Å²) in [6.45, 7) is 0. The van der Waals surface area contributed by atoms with Gasteiger partial charge in [-0.2, -0.15) is 0 Å². The molecule has 0 unspecified atom stereocenters. The summed E-state index contributed by atoms with van der Waals surface area (Å²) in [4.78, 5) is 16.7. The Kier molecular flexibility index (Phi) is 2.38. The third-order valence-electron chi connectivity index (χ3n) is 2.39. The van der Waals surface area contributed by atoms with Crippen LogP contribution in [0.5, 0.6) is 0 Å². The standard InChI is InChI=1S/C12H9N3OS/c16-12(10-2-1-7-17-10)14-9-3-4-11-13-5-6-15(11)8-9/h1-8H,(H,14,16). The van der Waals surface area contributed by atoms with E-state index in [9.17, 15) is 4.79 Å². The second kappa shape index (κ2) is 4.03. The molecule has 0 spiro atoms. The lowest BCUT2D eigenvalue weighted by Crippen LogP contribution is -2.10. The smallest absolute Gasteiger partial charge is 0.265 e. The molecular formula is C12H9N3OS. The van der Waals surface area contributed by atoms with Crippen molar-refractivity contribution in [1.82, 2.24) is 9.38 Å². The summed E-state index contributed by atoms with van der Waals surface area (Å²) in [5.74, 6) is -0.0838. The number of fused-ring (bicyclic) bond motifs is 1. The molecule has 0 radical (unpaired) electrons. The minimum Gasteiger partial charge on any atom is -0.320 e. The summed E-state index contributed by atoms with van der Waals surface area (Å²) in [6.07, 6.45) is 5.41. The summed E-state index contributed by atoms with van der Waals surface area (Å²) in [7, 11) is 0. The maximum Gasteiger partial charge on any atom is 0.265 e. The molecule has 17 heavy (non-hydrogen) atoms. The minimum atomic E-state index is -0.0838. The third kappa shape index (κ3) is 1.92. The lowest BCUT2D eigenvalue weighted by Gasteiger charge is -2.03. The number of hydrogen-bond donors (Lipinski definition) is 1. The summed E-state index contributed by atoms with van der Waals surface area (Å²) in [5.41, 5.74) is 1.62. The van der Waals surface area contributed by atoms with Gasteiger partial charge in [-0.25, -0.2) is 4.98 Å². The SMILES string of the molecule is O=C(Nc1ccc2nccn2c1)c1cccs1. The van der Waals surface area contributed by atoms with Gasteiger partial charge in [-0.15, -0.1) is 11.3 Å². The summed E-state index contributed by atoms with van der Waals surface area (Å²) < 4.78 is 1.87. The quantitative estimate of drug-likeness (QED) is 0.752. The molecule has 0 aliphatic rings. The van der Waals surface area contributed by atoms with Gasteiger partial charge in [0.2, 0.25) is 0 Å². The molecule has 0 fully saturated rings. The van der Waals surface area contributed by atoms with Crippen LogP contribution in [-0.2, 0) is 0 Å². The van der Waals surface area contributed by atoms with Crippen molar-refractivity contribution in [3.8, 4) is 0 Å². The molecule has 1 amide bonds. The molecule has 3 rings (SSSR count). The number of rotatable bonds is 2. The van der Waals surface area contributed by atoms with E-state index >= 15 is 0 Å². The number of nitrogens with zero attached hydrogens (tertiary/aromatic N) is 2. The molecule has 0 saturated carbocycles. The van der Waals surface area contributed by atoms with Gasteiger partial charge in [-0.3, -0.25) is 4.79 Å². The van der Waals surface area contributed by atoms with Crippen LogP contribution in [0.3, 0.4) is 0 Å². The fourth-order valence-electron chi connectivity index (χ4n) is 1.59. The predicted molar refractivity (Wildman–Crippen MR) is 67.5 cm³/mol. The number of imidazole rings is 1. The van der Waals surface area contributed by atoms with E-state index in [2.05, 4.69) is 10.3 Å². The Morgan fingerprint density at radius 1 is 1.35 bits per heavy atom. The molecule has 5 heteroatoms. The van der Waals surface area contributed by atoms with E-state index in [-0.39, 0.29) is 5.91 Å². The number of carbonyl (C=O) groups excluding carboxylic acids is 1. The van der Waals surface area contributed by atoms with E-state index in [1.54, 1.807) is 12.3 Å². The Balaban J connectivity index is 1.87. The van der Waals surface area contributed by atoms with Crippen molar-refractivity contribution < 1.29 is 4.79 Å². The number of thiophene rings is 1. The van der Waals surface area contributed by atoms with Crippen LogP contribution >= 0.6 is 11.3 Å². The van der Waals surface area contributed by atoms with E-state index in [0.717, 1.165) is 11.3 Å². The highest BCUT2D eigenvalue weighted by Gasteiger charge is 2.06. The Bertz CT molecular complexity index is 657. The number of nitrogens with one attached hydrogen (secondary N) is 1. The summed E-state index contributed by atoms with van der Waals surface area (Å²) >= 11 is 1.42. The Labute approximate surface area is 102 Å². The van der Waals surface area contributed by atoms with Crippen molar-refractivity contribution in [2.24, 2.45) is 0 Å². The number of carbonyl (C=O) groups is 1. The van der Waals surface area contributed by atoms with Crippen molar-refractivity contribution in [2.75, 3.05) is 5.32 Å². The van der Waals surface area contributed by atoms with E-state index in [1.807, 2.05) is 40.4 Å². The first-order chi connectivity index (χ1) is 8.33. The number of amides is 1. The second-order valence-corrected chi connectivity index (χ2v) is 4.49. The van der Waals surface area contributed by atoms with Gasteiger partial charge in [0.05, 0.1) is 10.6 Å². The molecule has 3 heterocycles. The molecule has 3 aromatic rings. The lowest BCUT2D eigenvalue weighted by atomic mass is 10.3. The van der Waals surface area contributed by atoms with Crippen LogP contribution in [0.1, 0.15) is 9.67 Å². The molecule has 0 aliphatic heterocycles. The zero-order valence-corrected chi connectivity index (χ0v) is 9.65. The van der Waals surface area contributed by atoms with Crippen LogP contribution in [0, 0.1) is 0 Å². The topological polar surface area (TPSA) is 46.4 Å². The third-order valence-corrected chi connectivity index (χ3v) is 3.26. The fraction of sp³-hybridized carbons (Fsp3) is 0. The molecule has 0 atom stereocenters. The molecule has 1 N–H and O–H groups in total. The number of hydrogen-bond acceptors (Lipinski definition) is 3. The Morgan fingerprint density at radius 3 is 3.12 bits per heavy atom. The average Bonchev–Trinajstić information content (AvgIpc) is 2.99. The first-order valence-electron chi connectivity index (χ1n) is 5.10. The summed E-state index contributed by atoms with van der Waals surface area (Å²) in [5, 5.41) is 4.73. The van der Waals surface area contributed by atoms with Gasteiger partial charge in [-0.1, -0.05) is 6.07 Å². The van der Waals surface area contributed by atoms with Gasteiger partial charge in [0, 0.05) is 18.6 Å². The van der Waals surface area contributed by atoms with E-state index in [0.29, 0.717) is 4.88 Å². The molecule has 4 nitrogen and oxygen atoms in total. The van der Waals surface area contributed by atoms with E-state index in [4.69, 9.17) is 0 Å². The van der Waals surface area contributed by atoms with Gasteiger partial charge >= 0.3 is 0 Å². The van der Waals surface area contributed by atoms with Crippen LogP contribution in [0.25, 0.3) is 5.65 Å². The molecule has 84 valence electrons. The molecular weight excluding hydrogens is 234 g/mol. The van der Waals surface area contributed by atoms with E-state index in [1.165, 1.54) is 11.3 Å². The highest BCUT2D eigenvalue weighted by atomic mass is 32.1. The largest absolute Gasteiger partial charge is 0.320 e. The van der Waals surface area contributed by atoms with Crippen LogP contribution in [0.15, 0.2) is 48.2 Å². The van der Waals surface area contributed by atoms with Crippen LogP contribution in [0.4, 0.5) is 5.69 Å². The highest BCUT2D eigenvalue weighted by Crippen LogP contribution is 2.14. The highest BCUT2D eigenvalue weighted by molar-refractivity contribution is 7.12. The maximum absolute atomic E-state index is 11.8. The Morgan fingerprint density at radius 2 is 2.29 bits per heavy atom. The number of pyridine rings is 1. The maximum atomic E-state index is 11.8. The van der Waals surface area contributed by atoms with Crippen molar-refractivity contribution >= 4 is 28.6 Å². The first-order valence-corrected chi connectivity index (χ1v) is 5.98. The minimum absolute atomic E-state index is 0.0838. The molecule has 0 saturated heterocycles. The molecule has 0 bridgehead atoms. The zero-order valence-electron chi connectivity index (χ0n) is 8.83. The predicted octanol–water partition coefficient (Wildman–Crippen LogP) is 2.65. The van der Waals surface area contributed by atoms with Gasteiger partial charge in [0.1, 0.15) is 5.65 Å². The van der Waals surface area contributed by atoms with Crippen molar-refractivity contribution in [1.29, 1.82) is 0 Å². The zero-order chi connectivity index (χ0) is 11.7. The lowest BCUT2D eigenvalue weighted by molar-refractivity contribution is 0.103. The van der Waals surface area contributed by atoms with Gasteiger partial charge in [0.25, 0.3) is 5.91 Å². The van der Waals surface area contributed by atoms with Gasteiger partial charge < -0.3 is 9.72 Å². The molecule has 0 aliphatic carbocycles. The van der Waals surface area contributed by atoms with Crippen LogP contribution in [-0.4, -0.2) is 15.3 Å². The fourth-order valence-corrected chi connectivity index (χ4v) is 2.21. The Hall–Kier alpha value is -2.14. The van der Waals surface area contributed by atoms with Gasteiger partial charge in [0.15, 0.2) is 0 Å². The van der Waals surface area contributed by atoms with Crippen molar-refractivity contribution in [3.63, 3.8) is 0 Å². The average molecular weight is 243 g/mol. The van der Waals surface area contributed by atoms with Crippen LogP contribution in [0.2, 0.25) is 0 Å². The van der Waals surface area contributed by atoms with Gasteiger partial charge in [-0.05, 0) is 23.6 Å². The van der Waals surface area contributed by atoms with Crippen molar-refractivity contribution in [2.45, 2.75) is 0 Å². The van der Waals surface area contributed by atoms with Crippen LogP contribution < -0.4 is 5.32 Å². The molecule has 3 aromatic heterocycles. The van der Waals surface area contributed by atoms with E-state index < -0.39 is 0 Å². The van der Waals surface area contributed by atoms with Crippen molar-refractivity contribution in [3.05, 3.63) is 53.1 Å². The normalized spacial score (nSPS) is 10.6. The number of anilines is 1. The monoisotopic (exact) mass is 243 g/mol.